The lowest BCUT2D eigenvalue weighted by molar-refractivity contribution is -0.137. The van der Waals surface area contributed by atoms with Crippen molar-refractivity contribution in [3.63, 3.8) is 0 Å². The highest BCUT2D eigenvalue weighted by Crippen LogP contribution is 2.26. The van der Waals surface area contributed by atoms with Crippen LogP contribution < -0.4 is 5.56 Å². The quantitative estimate of drug-likeness (QED) is 0.805. The Balaban J connectivity index is 2.17. The minimum absolute atomic E-state index is 0.114. The summed E-state index contributed by atoms with van der Waals surface area (Å²) in [4.78, 5) is 23.7. The van der Waals surface area contributed by atoms with Crippen molar-refractivity contribution >= 4 is 27.6 Å². The van der Waals surface area contributed by atoms with Crippen molar-refractivity contribution in [1.29, 1.82) is 0 Å². The molecule has 0 aliphatic carbocycles. The van der Waals surface area contributed by atoms with Crippen LogP contribution in [0.2, 0.25) is 0 Å². The van der Waals surface area contributed by atoms with Crippen molar-refractivity contribution in [2.75, 3.05) is 0 Å². The lowest BCUT2D eigenvalue weighted by Gasteiger charge is -2.15. The Morgan fingerprint density at radius 3 is 2.43 bits per heavy atom. The summed E-state index contributed by atoms with van der Waals surface area (Å²) >= 11 is 1.31. The summed E-state index contributed by atoms with van der Waals surface area (Å²) in [5, 5.41) is 9.79. The van der Waals surface area contributed by atoms with Crippen LogP contribution in [0.25, 0.3) is 10.1 Å². The van der Waals surface area contributed by atoms with Gasteiger partial charge in [-0.1, -0.05) is 54.0 Å². The predicted molar refractivity (Wildman–Crippen MR) is 82.9 cm³/mol. The Bertz CT molecular complexity index is 835. The number of fused-ring (bicyclic) bond motifs is 1. The van der Waals surface area contributed by atoms with Crippen LogP contribution in [0.5, 0.6) is 0 Å². The van der Waals surface area contributed by atoms with Gasteiger partial charge in [-0.2, -0.15) is 0 Å². The van der Waals surface area contributed by atoms with Crippen LogP contribution in [0.15, 0.2) is 59.4 Å². The SMILES string of the molecule is O=C(O)CC(c1ccccc1)n1sc2ccccc2c1=O. The average molecular weight is 299 g/mol. The number of carboxylic acid groups (broad SMARTS) is 1. The monoisotopic (exact) mass is 299 g/mol. The Morgan fingerprint density at radius 2 is 1.76 bits per heavy atom. The molecule has 3 aromatic rings. The highest BCUT2D eigenvalue weighted by Gasteiger charge is 2.21. The fraction of sp³-hybridized carbons (Fsp3) is 0.125. The second-order valence-electron chi connectivity index (χ2n) is 4.74. The zero-order valence-electron chi connectivity index (χ0n) is 11.1. The molecular formula is C16H13NO3S. The minimum atomic E-state index is -0.923. The lowest BCUT2D eigenvalue weighted by Crippen LogP contribution is -2.22. The number of benzene rings is 2. The van der Waals surface area contributed by atoms with Crippen LogP contribution in [0.1, 0.15) is 18.0 Å². The molecule has 21 heavy (non-hydrogen) atoms. The number of carbonyl (C=O) groups is 1. The van der Waals surface area contributed by atoms with Gasteiger partial charge < -0.3 is 5.11 Å². The van der Waals surface area contributed by atoms with Crippen molar-refractivity contribution < 1.29 is 9.90 Å². The molecule has 0 fully saturated rings. The largest absolute Gasteiger partial charge is 0.481 e. The molecule has 0 radical (unpaired) electrons. The van der Waals surface area contributed by atoms with E-state index in [0.29, 0.717) is 5.39 Å². The van der Waals surface area contributed by atoms with E-state index < -0.39 is 12.0 Å². The van der Waals surface area contributed by atoms with E-state index in [1.54, 1.807) is 10.0 Å². The molecular weight excluding hydrogens is 286 g/mol. The van der Waals surface area contributed by atoms with Crippen molar-refractivity contribution in [2.45, 2.75) is 12.5 Å². The maximum absolute atomic E-state index is 12.5. The second kappa shape index (κ2) is 5.54. The van der Waals surface area contributed by atoms with E-state index in [1.807, 2.05) is 48.5 Å². The van der Waals surface area contributed by atoms with Gasteiger partial charge in [0, 0.05) is 0 Å². The number of aliphatic carboxylic acids is 1. The molecule has 2 aromatic carbocycles. The van der Waals surface area contributed by atoms with Gasteiger partial charge in [-0.15, -0.1) is 0 Å². The molecule has 3 rings (SSSR count). The molecule has 106 valence electrons. The summed E-state index contributed by atoms with van der Waals surface area (Å²) in [6.45, 7) is 0. The van der Waals surface area contributed by atoms with Gasteiger partial charge in [0.2, 0.25) is 0 Å². The number of rotatable bonds is 4. The molecule has 1 N–H and O–H groups in total. The number of carboxylic acids is 1. The maximum Gasteiger partial charge on any atom is 0.305 e. The molecule has 1 aromatic heterocycles. The van der Waals surface area contributed by atoms with Crippen LogP contribution in [-0.4, -0.2) is 15.0 Å². The van der Waals surface area contributed by atoms with Crippen molar-refractivity contribution in [3.05, 3.63) is 70.5 Å². The molecule has 0 aliphatic heterocycles. The van der Waals surface area contributed by atoms with Crippen LogP contribution >= 0.6 is 11.5 Å². The molecule has 0 saturated carbocycles. The van der Waals surface area contributed by atoms with E-state index >= 15 is 0 Å². The third-order valence-corrected chi connectivity index (χ3v) is 4.52. The summed E-state index contributed by atoms with van der Waals surface area (Å²) in [5.41, 5.74) is 0.694. The first-order valence-electron chi connectivity index (χ1n) is 6.54. The molecule has 5 heteroatoms. The average Bonchev–Trinajstić information content (AvgIpc) is 2.83. The summed E-state index contributed by atoms with van der Waals surface area (Å²) < 4.78 is 2.43. The summed E-state index contributed by atoms with van der Waals surface area (Å²) in [6, 6.07) is 16.1. The fourth-order valence-electron chi connectivity index (χ4n) is 2.37. The summed E-state index contributed by atoms with van der Waals surface area (Å²) in [5.74, 6) is -0.923. The number of nitrogens with zero attached hydrogens (tertiary/aromatic N) is 1. The molecule has 1 unspecified atom stereocenters. The topological polar surface area (TPSA) is 59.3 Å². The van der Waals surface area contributed by atoms with E-state index in [1.165, 1.54) is 11.5 Å². The van der Waals surface area contributed by atoms with Crippen molar-refractivity contribution in [3.8, 4) is 0 Å². The van der Waals surface area contributed by atoms with E-state index in [9.17, 15) is 9.59 Å². The van der Waals surface area contributed by atoms with E-state index in [0.717, 1.165) is 10.3 Å². The Hall–Kier alpha value is -2.40. The Morgan fingerprint density at radius 1 is 1.10 bits per heavy atom. The van der Waals surface area contributed by atoms with Gasteiger partial charge in [0.05, 0.1) is 22.5 Å². The van der Waals surface area contributed by atoms with Gasteiger partial charge in [-0.25, -0.2) is 0 Å². The highest BCUT2D eigenvalue weighted by atomic mass is 32.1. The standard InChI is InChI=1S/C16H13NO3S/c18-15(19)10-13(11-6-2-1-3-7-11)17-16(20)12-8-4-5-9-14(12)21-17/h1-9,13H,10H2,(H,18,19). The zero-order chi connectivity index (χ0) is 14.8. The second-order valence-corrected chi connectivity index (χ2v) is 5.76. The normalized spacial score (nSPS) is 12.4. The van der Waals surface area contributed by atoms with Crippen molar-refractivity contribution in [1.82, 2.24) is 3.96 Å². The summed E-state index contributed by atoms with van der Waals surface area (Å²) in [7, 11) is 0. The molecule has 0 bridgehead atoms. The lowest BCUT2D eigenvalue weighted by atomic mass is 10.0. The first-order valence-corrected chi connectivity index (χ1v) is 7.31. The first-order chi connectivity index (χ1) is 10.2. The van der Waals surface area contributed by atoms with Crippen LogP contribution in [0, 0.1) is 0 Å². The number of aromatic nitrogens is 1. The Labute approximate surface area is 125 Å². The minimum Gasteiger partial charge on any atom is -0.481 e. The van der Waals surface area contributed by atoms with Crippen LogP contribution in [0.3, 0.4) is 0 Å². The fourth-order valence-corrected chi connectivity index (χ4v) is 3.48. The smallest absolute Gasteiger partial charge is 0.305 e. The molecule has 0 amide bonds. The third-order valence-electron chi connectivity index (χ3n) is 3.35. The van der Waals surface area contributed by atoms with Gasteiger partial charge in [-0.05, 0) is 17.7 Å². The molecule has 4 nitrogen and oxygen atoms in total. The third kappa shape index (κ3) is 2.60. The number of hydrogen-bond acceptors (Lipinski definition) is 3. The van der Waals surface area contributed by atoms with Crippen molar-refractivity contribution in [2.24, 2.45) is 0 Å². The zero-order valence-corrected chi connectivity index (χ0v) is 11.9. The van der Waals surface area contributed by atoms with Gasteiger partial charge in [0.1, 0.15) is 0 Å². The molecule has 0 aliphatic rings. The highest BCUT2D eigenvalue weighted by molar-refractivity contribution is 7.13. The Kier molecular flexibility index (Phi) is 3.58. The molecule has 0 saturated heterocycles. The van der Waals surface area contributed by atoms with Gasteiger partial charge >= 0.3 is 5.97 Å². The first kappa shape index (κ1) is 13.6. The van der Waals surface area contributed by atoms with Crippen LogP contribution in [-0.2, 0) is 4.79 Å². The molecule has 1 atom stereocenters. The molecule has 1 heterocycles. The van der Waals surface area contributed by atoms with Crippen LogP contribution in [0.4, 0.5) is 0 Å². The van der Waals surface area contributed by atoms with E-state index in [-0.39, 0.29) is 12.0 Å². The van der Waals surface area contributed by atoms with Gasteiger partial charge in [0.25, 0.3) is 5.56 Å². The van der Waals surface area contributed by atoms with E-state index in [2.05, 4.69) is 0 Å². The molecule has 0 spiro atoms. The predicted octanol–water partition coefficient (Wildman–Crippen LogP) is 3.13. The van der Waals surface area contributed by atoms with E-state index in [4.69, 9.17) is 5.11 Å². The number of hydrogen-bond donors (Lipinski definition) is 1. The van der Waals surface area contributed by atoms with Gasteiger partial charge in [-0.3, -0.25) is 13.5 Å². The maximum atomic E-state index is 12.5. The van der Waals surface area contributed by atoms with Gasteiger partial charge in [0.15, 0.2) is 0 Å². The summed E-state index contributed by atoms with van der Waals surface area (Å²) in [6.07, 6.45) is -0.114.